The van der Waals surface area contributed by atoms with Crippen molar-refractivity contribution in [2.75, 3.05) is 0 Å². The number of oxazole rings is 1. The standard InChI is InChI=1S/C21H17NOS/c1-15-11-13-17(14-12-15)20(16-7-3-2-4-8-16)24-21-22-18-9-5-6-10-19(18)23-21/h2-14,20H,1H3. The Balaban J connectivity index is 1.73. The van der Waals surface area contributed by atoms with Crippen molar-refractivity contribution in [1.82, 2.24) is 4.98 Å². The van der Waals surface area contributed by atoms with Gasteiger partial charge in [0.15, 0.2) is 5.58 Å². The molecule has 4 aromatic rings. The van der Waals surface area contributed by atoms with Gasteiger partial charge in [-0.15, -0.1) is 0 Å². The lowest BCUT2D eigenvalue weighted by Gasteiger charge is -2.16. The number of nitrogens with zero attached hydrogens (tertiary/aromatic N) is 1. The van der Waals surface area contributed by atoms with E-state index >= 15 is 0 Å². The van der Waals surface area contributed by atoms with Gasteiger partial charge in [0, 0.05) is 0 Å². The first-order valence-electron chi connectivity index (χ1n) is 7.93. The van der Waals surface area contributed by atoms with Gasteiger partial charge >= 0.3 is 0 Å². The quantitative estimate of drug-likeness (QED) is 0.428. The fourth-order valence-corrected chi connectivity index (χ4v) is 3.78. The van der Waals surface area contributed by atoms with Crippen molar-refractivity contribution in [2.24, 2.45) is 0 Å². The van der Waals surface area contributed by atoms with Crippen LogP contribution in [0.1, 0.15) is 21.9 Å². The number of aromatic nitrogens is 1. The highest BCUT2D eigenvalue weighted by Crippen LogP contribution is 2.40. The van der Waals surface area contributed by atoms with E-state index in [1.54, 1.807) is 11.8 Å². The normalized spacial score (nSPS) is 12.4. The summed E-state index contributed by atoms with van der Waals surface area (Å²) >= 11 is 1.65. The smallest absolute Gasteiger partial charge is 0.257 e. The Morgan fingerprint density at radius 2 is 1.46 bits per heavy atom. The summed E-state index contributed by atoms with van der Waals surface area (Å²) in [4.78, 5) is 4.62. The molecule has 0 amide bonds. The maximum absolute atomic E-state index is 5.92. The molecule has 0 aliphatic carbocycles. The van der Waals surface area contributed by atoms with Crippen molar-refractivity contribution < 1.29 is 4.42 Å². The molecular weight excluding hydrogens is 314 g/mol. The topological polar surface area (TPSA) is 26.0 Å². The first-order valence-corrected chi connectivity index (χ1v) is 8.81. The Morgan fingerprint density at radius 3 is 2.21 bits per heavy atom. The molecule has 1 aromatic heterocycles. The number of hydrogen-bond acceptors (Lipinski definition) is 3. The molecule has 2 nitrogen and oxygen atoms in total. The van der Waals surface area contributed by atoms with Gasteiger partial charge in [-0.3, -0.25) is 0 Å². The molecule has 24 heavy (non-hydrogen) atoms. The summed E-state index contributed by atoms with van der Waals surface area (Å²) in [6, 6.07) is 27.0. The average molecular weight is 331 g/mol. The summed E-state index contributed by atoms with van der Waals surface area (Å²) in [7, 11) is 0. The zero-order valence-electron chi connectivity index (χ0n) is 13.3. The molecule has 3 heteroatoms. The van der Waals surface area contributed by atoms with Crippen molar-refractivity contribution >= 4 is 22.9 Å². The summed E-state index contributed by atoms with van der Waals surface area (Å²) in [5.41, 5.74) is 5.48. The molecule has 1 atom stereocenters. The van der Waals surface area contributed by atoms with Crippen molar-refractivity contribution in [3.05, 3.63) is 95.6 Å². The van der Waals surface area contributed by atoms with Gasteiger partial charge in [-0.2, -0.15) is 0 Å². The second-order valence-corrected chi connectivity index (χ2v) is 6.82. The van der Waals surface area contributed by atoms with Crippen LogP contribution in [0.15, 0.2) is 88.5 Å². The number of aryl methyl sites for hydroxylation is 1. The lowest BCUT2D eigenvalue weighted by Crippen LogP contribution is -1.97. The summed E-state index contributed by atoms with van der Waals surface area (Å²) in [5, 5.41) is 0.852. The minimum Gasteiger partial charge on any atom is -0.431 e. The van der Waals surface area contributed by atoms with Crippen molar-refractivity contribution in [3.8, 4) is 0 Å². The predicted octanol–water partition coefficient (Wildman–Crippen LogP) is 6.02. The van der Waals surface area contributed by atoms with E-state index in [1.165, 1.54) is 16.7 Å². The van der Waals surface area contributed by atoms with Gasteiger partial charge in [0.25, 0.3) is 5.22 Å². The molecule has 0 fully saturated rings. The summed E-state index contributed by atoms with van der Waals surface area (Å²) in [6.07, 6.45) is 0. The predicted molar refractivity (Wildman–Crippen MR) is 99.3 cm³/mol. The van der Waals surface area contributed by atoms with Gasteiger partial charge in [-0.25, -0.2) is 4.98 Å². The molecule has 0 spiro atoms. The fourth-order valence-electron chi connectivity index (χ4n) is 2.70. The molecule has 0 N–H and O–H groups in total. The van der Waals surface area contributed by atoms with Crippen LogP contribution in [0.5, 0.6) is 0 Å². The summed E-state index contributed by atoms with van der Waals surface area (Å²) < 4.78 is 5.92. The molecule has 1 unspecified atom stereocenters. The Bertz CT molecular complexity index is 911. The maximum Gasteiger partial charge on any atom is 0.257 e. The summed E-state index contributed by atoms with van der Waals surface area (Å²) in [6.45, 7) is 2.11. The Kier molecular flexibility index (Phi) is 4.09. The number of benzene rings is 3. The van der Waals surface area contributed by atoms with E-state index < -0.39 is 0 Å². The minimum absolute atomic E-state index is 0.153. The molecule has 4 rings (SSSR count). The first-order chi connectivity index (χ1) is 11.8. The lowest BCUT2D eigenvalue weighted by molar-refractivity contribution is 0.489. The van der Waals surface area contributed by atoms with Crippen LogP contribution in [-0.4, -0.2) is 4.98 Å². The molecule has 0 radical (unpaired) electrons. The third-order valence-corrected chi connectivity index (χ3v) is 5.13. The minimum atomic E-state index is 0.153. The Hall–Kier alpha value is -2.52. The van der Waals surface area contributed by atoms with Gasteiger partial charge in [-0.1, -0.05) is 84.1 Å². The SMILES string of the molecule is Cc1ccc(C(Sc2nc3ccccc3o2)c2ccccc2)cc1. The van der Waals surface area contributed by atoms with Crippen LogP contribution >= 0.6 is 11.8 Å². The first kappa shape index (κ1) is 15.0. The van der Waals surface area contributed by atoms with Crippen LogP contribution < -0.4 is 0 Å². The maximum atomic E-state index is 5.92. The van der Waals surface area contributed by atoms with Gasteiger partial charge in [0.05, 0.1) is 5.25 Å². The molecule has 3 aromatic carbocycles. The second kappa shape index (κ2) is 6.54. The summed E-state index contributed by atoms with van der Waals surface area (Å²) in [5.74, 6) is 0. The largest absolute Gasteiger partial charge is 0.431 e. The molecule has 0 bridgehead atoms. The molecule has 118 valence electrons. The van der Waals surface area contributed by atoms with E-state index in [1.807, 2.05) is 30.3 Å². The molecule has 0 aliphatic rings. The van der Waals surface area contributed by atoms with Crippen LogP contribution in [0, 0.1) is 6.92 Å². The second-order valence-electron chi connectivity index (χ2n) is 5.77. The third-order valence-electron chi connectivity index (χ3n) is 3.98. The van der Waals surface area contributed by atoms with Gasteiger partial charge in [0.1, 0.15) is 5.52 Å². The highest BCUT2D eigenvalue weighted by molar-refractivity contribution is 7.99. The Morgan fingerprint density at radius 1 is 0.792 bits per heavy atom. The molecule has 1 heterocycles. The lowest BCUT2D eigenvalue weighted by atomic mass is 10.0. The van der Waals surface area contributed by atoms with E-state index in [-0.39, 0.29) is 5.25 Å². The number of hydrogen-bond donors (Lipinski definition) is 0. The third kappa shape index (κ3) is 3.08. The van der Waals surface area contributed by atoms with Crippen LogP contribution in [0.25, 0.3) is 11.1 Å². The zero-order chi connectivity index (χ0) is 16.4. The van der Waals surface area contributed by atoms with Crippen molar-refractivity contribution in [3.63, 3.8) is 0 Å². The highest BCUT2D eigenvalue weighted by atomic mass is 32.2. The van der Waals surface area contributed by atoms with E-state index in [9.17, 15) is 0 Å². The fraction of sp³-hybridized carbons (Fsp3) is 0.0952. The number of para-hydroxylation sites is 2. The number of rotatable bonds is 4. The molecule has 0 aliphatic heterocycles. The van der Waals surface area contributed by atoms with Gasteiger partial charge in [0.2, 0.25) is 0 Å². The number of fused-ring (bicyclic) bond motifs is 1. The van der Waals surface area contributed by atoms with Crippen LogP contribution in [0.3, 0.4) is 0 Å². The number of thioether (sulfide) groups is 1. The van der Waals surface area contributed by atoms with Crippen LogP contribution in [0.2, 0.25) is 0 Å². The Labute approximate surface area is 145 Å². The molecule has 0 saturated heterocycles. The highest BCUT2D eigenvalue weighted by Gasteiger charge is 2.19. The van der Waals surface area contributed by atoms with E-state index in [4.69, 9.17) is 4.42 Å². The van der Waals surface area contributed by atoms with Gasteiger partial charge in [-0.05, 0) is 30.2 Å². The van der Waals surface area contributed by atoms with Crippen molar-refractivity contribution in [2.45, 2.75) is 17.4 Å². The van der Waals surface area contributed by atoms with Crippen molar-refractivity contribution in [1.29, 1.82) is 0 Å². The van der Waals surface area contributed by atoms with E-state index in [0.29, 0.717) is 5.22 Å². The monoisotopic (exact) mass is 331 g/mol. The van der Waals surface area contributed by atoms with E-state index in [2.05, 4.69) is 60.4 Å². The van der Waals surface area contributed by atoms with E-state index in [0.717, 1.165) is 11.1 Å². The van der Waals surface area contributed by atoms with Gasteiger partial charge < -0.3 is 4.42 Å². The molecular formula is C21H17NOS. The molecule has 0 saturated carbocycles. The van der Waals surface area contributed by atoms with Crippen LogP contribution in [0.4, 0.5) is 0 Å². The van der Waals surface area contributed by atoms with Crippen LogP contribution in [-0.2, 0) is 0 Å². The average Bonchev–Trinajstić information content (AvgIpc) is 3.04. The zero-order valence-corrected chi connectivity index (χ0v) is 14.2.